The SMILES string of the molecule is CCOC(=O)c1ccc(S(=O)(=O)NC[C@H](c2ccc(CC)cc2)N(C)C)cc1. The van der Waals surface area contributed by atoms with Crippen LogP contribution in [0.5, 0.6) is 0 Å². The van der Waals surface area contributed by atoms with Gasteiger partial charge in [-0.2, -0.15) is 0 Å². The van der Waals surface area contributed by atoms with Crippen molar-refractivity contribution in [1.29, 1.82) is 0 Å². The molecule has 6 nitrogen and oxygen atoms in total. The third-order valence-corrected chi connectivity index (χ3v) is 5.98. The molecule has 1 atom stereocenters. The van der Waals surface area contributed by atoms with Gasteiger partial charge in [-0.3, -0.25) is 0 Å². The van der Waals surface area contributed by atoms with E-state index < -0.39 is 16.0 Å². The first kappa shape index (κ1) is 22.1. The van der Waals surface area contributed by atoms with Gasteiger partial charge in [0.2, 0.25) is 10.0 Å². The van der Waals surface area contributed by atoms with Gasteiger partial charge >= 0.3 is 5.97 Å². The molecule has 0 aliphatic carbocycles. The molecule has 7 heteroatoms. The number of carbonyl (C=O) groups is 1. The molecule has 0 bridgehead atoms. The lowest BCUT2D eigenvalue weighted by atomic mass is 10.0. The van der Waals surface area contributed by atoms with Gasteiger partial charge in [0.1, 0.15) is 0 Å². The van der Waals surface area contributed by atoms with E-state index in [0.29, 0.717) is 5.56 Å². The average Bonchev–Trinajstić information content (AvgIpc) is 2.68. The van der Waals surface area contributed by atoms with Gasteiger partial charge in [-0.1, -0.05) is 31.2 Å². The van der Waals surface area contributed by atoms with E-state index in [1.165, 1.54) is 29.8 Å². The number of esters is 1. The van der Waals surface area contributed by atoms with E-state index in [1.807, 2.05) is 31.1 Å². The smallest absolute Gasteiger partial charge is 0.338 e. The van der Waals surface area contributed by atoms with Crippen molar-refractivity contribution in [2.45, 2.75) is 31.2 Å². The molecule has 0 heterocycles. The largest absolute Gasteiger partial charge is 0.462 e. The summed E-state index contributed by atoms with van der Waals surface area (Å²) in [6.07, 6.45) is 0.960. The van der Waals surface area contributed by atoms with Crippen molar-refractivity contribution >= 4 is 16.0 Å². The Labute approximate surface area is 167 Å². The van der Waals surface area contributed by atoms with Crippen LogP contribution in [0.15, 0.2) is 53.4 Å². The van der Waals surface area contributed by atoms with Crippen molar-refractivity contribution in [1.82, 2.24) is 9.62 Å². The summed E-state index contributed by atoms with van der Waals surface area (Å²) in [6.45, 7) is 4.32. The Bertz CT molecular complexity index is 876. The fourth-order valence-electron chi connectivity index (χ4n) is 2.83. The number of sulfonamides is 1. The lowest BCUT2D eigenvalue weighted by Gasteiger charge is -2.25. The second-order valence-corrected chi connectivity index (χ2v) is 8.44. The van der Waals surface area contributed by atoms with E-state index in [9.17, 15) is 13.2 Å². The predicted octanol–water partition coefficient (Wildman–Crippen LogP) is 3.01. The molecule has 0 aromatic heterocycles. The maximum absolute atomic E-state index is 12.7. The summed E-state index contributed by atoms with van der Waals surface area (Å²) in [4.78, 5) is 13.8. The molecular weight excluding hydrogens is 376 g/mol. The van der Waals surface area contributed by atoms with E-state index >= 15 is 0 Å². The molecule has 2 aromatic rings. The molecular formula is C21H28N2O4S. The quantitative estimate of drug-likeness (QED) is 0.650. The number of nitrogens with zero attached hydrogens (tertiary/aromatic N) is 1. The molecule has 2 rings (SSSR count). The Morgan fingerprint density at radius 2 is 1.64 bits per heavy atom. The van der Waals surface area contributed by atoms with Crippen LogP contribution in [0.3, 0.4) is 0 Å². The maximum atomic E-state index is 12.7. The Hall–Kier alpha value is -2.22. The summed E-state index contributed by atoms with van der Waals surface area (Å²) < 4.78 is 32.9. The highest BCUT2D eigenvalue weighted by molar-refractivity contribution is 7.89. The van der Waals surface area contributed by atoms with E-state index in [1.54, 1.807) is 6.92 Å². The van der Waals surface area contributed by atoms with Gasteiger partial charge in [0.15, 0.2) is 0 Å². The van der Waals surface area contributed by atoms with Crippen LogP contribution in [-0.4, -0.2) is 46.5 Å². The van der Waals surface area contributed by atoms with Crippen molar-refractivity contribution in [2.75, 3.05) is 27.2 Å². The summed E-state index contributed by atoms with van der Waals surface area (Å²) in [5.41, 5.74) is 2.61. The maximum Gasteiger partial charge on any atom is 0.338 e. The molecule has 2 aromatic carbocycles. The van der Waals surface area contributed by atoms with Crippen LogP contribution in [0.1, 0.15) is 41.4 Å². The van der Waals surface area contributed by atoms with Gasteiger partial charge in [0.05, 0.1) is 17.1 Å². The minimum atomic E-state index is -3.69. The van der Waals surface area contributed by atoms with Gasteiger partial charge in [-0.15, -0.1) is 0 Å². The zero-order chi connectivity index (χ0) is 20.7. The normalized spacial score (nSPS) is 12.8. The molecule has 0 amide bonds. The van der Waals surface area contributed by atoms with E-state index in [-0.39, 0.29) is 24.1 Å². The molecule has 0 aliphatic heterocycles. The zero-order valence-electron chi connectivity index (χ0n) is 16.8. The van der Waals surface area contributed by atoms with Crippen LogP contribution in [0.4, 0.5) is 0 Å². The molecule has 0 saturated carbocycles. The zero-order valence-corrected chi connectivity index (χ0v) is 17.6. The molecule has 28 heavy (non-hydrogen) atoms. The number of hydrogen-bond donors (Lipinski definition) is 1. The standard InChI is InChI=1S/C21H28N2O4S/c1-5-16-7-9-17(10-8-16)20(23(3)4)15-22-28(25,26)19-13-11-18(12-14-19)21(24)27-6-2/h7-14,20,22H,5-6,15H2,1-4H3/t20-/m1/s1. The fraction of sp³-hybridized carbons (Fsp3) is 0.381. The average molecular weight is 405 g/mol. The molecule has 0 spiro atoms. The number of carbonyl (C=O) groups excluding carboxylic acids is 1. The van der Waals surface area contributed by atoms with E-state index in [4.69, 9.17) is 4.74 Å². The second-order valence-electron chi connectivity index (χ2n) is 6.67. The Kier molecular flexibility index (Phi) is 7.74. The molecule has 152 valence electrons. The summed E-state index contributed by atoms with van der Waals surface area (Å²) in [5, 5.41) is 0. The number of nitrogens with one attached hydrogen (secondary N) is 1. The third-order valence-electron chi connectivity index (χ3n) is 4.54. The third kappa shape index (κ3) is 5.64. The number of benzene rings is 2. The molecule has 0 aliphatic rings. The summed E-state index contributed by atoms with van der Waals surface area (Å²) in [5.74, 6) is -0.470. The van der Waals surface area contributed by atoms with Crippen molar-refractivity contribution < 1.29 is 17.9 Å². The van der Waals surface area contributed by atoms with Crippen LogP contribution >= 0.6 is 0 Å². The minimum absolute atomic E-state index is 0.0977. The van der Waals surface area contributed by atoms with E-state index in [2.05, 4.69) is 23.8 Å². The monoisotopic (exact) mass is 404 g/mol. The molecule has 0 radical (unpaired) electrons. The number of aryl methyl sites for hydroxylation is 1. The van der Waals surface area contributed by atoms with Crippen molar-refractivity contribution in [3.05, 3.63) is 65.2 Å². The van der Waals surface area contributed by atoms with Crippen molar-refractivity contribution in [2.24, 2.45) is 0 Å². The van der Waals surface area contributed by atoms with E-state index in [0.717, 1.165) is 12.0 Å². The lowest BCUT2D eigenvalue weighted by Crippen LogP contribution is -2.34. The van der Waals surface area contributed by atoms with Crippen molar-refractivity contribution in [3.8, 4) is 0 Å². The first-order valence-corrected chi connectivity index (χ1v) is 10.8. The van der Waals surface area contributed by atoms with Gasteiger partial charge in [-0.05, 0) is 62.8 Å². The van der Waals surface area contributed by atoms with Crippen LogP contribution in [0.25, 0.3) is 0 Å². The highest BCUT2D eigenvalue weighted by Gasteiger charge is 2.20. The Morgan fingerprint density at radius 1 is 1.04 bits per heavy atom. The lowest BCUT2D eigenvalue weighted by molar-refractivity contribution is 0.0526. The number of rotatable bonds is 9. The highest BCUT2D eigenvalue weighted by Crippen LogP contribution is 2.20. The fourth-order valence-corrected chi connectivity index (χ4v) is 3.87. The number of hydrogen-bond acceptors (Lipinski definition) is 5. The van der Waals surface area contributed by atoms with Crippen LogP contribution in [0.2, 0.25) is 0 Å². The number of ether oxygens (including phenoxy) is 1. The molecule has 0 fully saturated rings. The van der Waals surface area contributed by atoms with Gasteiger partial charge in [-0.25, -0.2) is 17.9 Å². The summed E-state index contributed by atoms with van der Waals surface area (Å²) in [7, 11) is 0.142. The minimum Gasteiger partial charge on any atom is -0.462 e. The number of likely N-dealkylation sites (N-methyl/N-ethyl adjacent to an activating group) is 1. The van der Waals surface area contributed by atoms with Gasteiger partial charge in [0.25, 0.3) is 0 Å². The first-order chi connectivity index (χ1) is 13.3. The summed E-state index contributed by atoms with van der Waals surface area (Å²) in [6, 6.07) is 13.8. The Morgan fingerprint density at radius 3 is 2.14 bits per heavy atom. The summed E-state index contributed by atoms with van der Waals surface area (Å²) >= 11 is 0. The van der Waals surface area contributed by atoms with Crippen LogP contribution in [0, 0.1) is 0 Å². The predicted molar refractivity (Wildman–Crippen MR) is 110 cm³/mol. The van der Waals surface area contributed by atoms with Crippen LogP contribution < -0.4 is 4.72 Å². The van der Waals surface area contributed by atoms with Gasteiger partial charge in [0, 0.05) is 12.6 Å². The Balaban J connectivity index is 2.12. The highest BCUT2D eigenvalue weighted by atomic mass is 32.2. The van der Waals surface area contributed by atoms with Gasteiger partial charge < -0.3 is 9.64 Å². The topological polar surface area (TPSA) is 75.7 Å². The van der Waals surface area contributed by atoms with Crippen molar-refractivity contribution in [3.63, 3.8) is 0 Å². The second kappa shape index (κ2) is 9.82. The first-order valence-electron chi connectivity index (χ1n) is 9.30. The van der Waals surface area contributed by atoms with Crippen LogP contribution in [-0.2, 0) is 21.2 Å². The molecule has 1 N–H and O–H groups in total. The molecule has 0 unspecified atom stereocenters. The molecule has 0 saturated heterocycles.